The quantitative estimate of drug-likeness (QED) is 0.317. The maximum absolute atomic E-state index is 12.0. The van der Waals surface area contributed by atoms with E-state index in [0.717, 1.165) is 5.56 Å². The highest BCUT2D eigenvalue weighted by atomic mass is 16.4. The van der Waals surface area contributed by atoms with Crippen LogP contribution >= 0.6 is 0 Å². The summed E-state index contributed by atoms with van der Waals surface area (Å²) in [7, 11) is 0. The molecule has 0 spiro atoms. The molecule has 92 valence electrons. The second-order valence-corrected chi connectivity index (χ2v) is 3.77. The molecule has 1 aromatic carbocycles. The summed E-state index contributed by atoms with van der Waals surface area (Å²) in [6, 6.07) is 6.81. The van der Waals surface area contributed by atoms with Crippen molar-refractivity contribution in [3.8, 4) is 0 Å². The Labute approximate surface area is 100 Å². The fraction of sp³-hybridized carbons (Fsp3) is 0.333. The number of amidine groups is 1. The fourth-order valence-electron chi connectivity index (χ4n) is 1.52. The molecule has 0 bridgehead atoms. The largest absolute Gasteiger partial charge is 0.409 e. The van der Waals surface area contributed by atoms with Gasteiger partial charge in [-0.05, 0) is 25.0 Å². The van der Waals surface area contributed by atoms with Crippen molar-refractivity contribution in [2.45, 2.75) is 26.3 Å². The number of hydrogen-bond donors (Lipinski definition) is 3. The minimum absolute atomic E-state index is 0.00874. The molecule has 1 amide bonds. The van der Waals surface area contributed by atoms with Crippen LogP contribution in [0.4, 0.5) is 0 Å². The number of oxime groups is 1. The van der Waals surface area contributed by atoms with Crippen molar-refractivity contribution >= 4 is 11.7 Å². The maximum Gasteiger partial charge on any atom is 0.252 e. The summed E-state index contributed by atoms with van der Waals surface area (Å²) in [4.78, 5) is 12.0. The van der Waals surface area contributed by atoms with Gasteiger partial charge in [-0.15, -0.1) is 0 Å². The molecule has 5 nitrogen and oxygen atoms in total. The van der Waals surface area contributed by atoms with Crippen LogP contribution in [0.15, 0.2) is 29.4 Å². The van der Waals surface area contributed by atoms with Gasteiger partial charge in [0.2, 0.25) is 0 Å². The Hall–Kier alpha value is -2.04. The lowest BCUT2D eigenvalue weighted by Gasteiger charge is -2.16. The van der Waals surface area contributed by atoms with Crippen molar-refractivity contribution in [3.05, 3.63) is 35.4 Å². The number of aryl methyl sites for hydroxylation is 1. The molecule has 0 aliphatic carbocycles. The smallest absolute Gasteiger partial charge is 0.252 e. The Morgan fingerprint density at radius 3 is 2.71 bits per heavy atom. The summed E-state index contributed by atoms with van der Waals surface area (Å²) < 4.78 is 0. The lowest BCUT2D eigenvalue weighted by Crippen LogP contribution is -2.44. The molecule has 0 radical (unpaired) electrons. The average Bonchev–Trinajstić information content (AvgIpc) is 2.35. The zero-order chi connectivity index (χ0) is 12.8. The zero-order valence-corrected chi connectivity index (χ0v) is 9.97. The molecule has 0 saturated carbocycles. The van der Waals surface area contributed by atoms with Gasteiger partial charge in [-0.25, -0.2) is 0 Å². The molecule has 0 heterocycles. The summed E-state index contributed by atoms with van der Waals surface area (Å²) in [5.74, 6) is -0.212. The highest BCUT2D eigenvalue weighted by molar-refractivity contribution is 5.99. The molecule has 1 aromatic rings. The molecule has 4 N–H and O–H groups in total. The standard InChI is InChI=1S/C12H17N3O2/c1-3-10(11(13)15-17)14-12(16)9-7-5-4-6-8(9)2/h4-7,10,17H,3H2,1-2H3,(H2,13,15)(H,14,16). The molecule has 0 fully saturated rings. The second kappa shape index (κ2) is 5.89. The third kappa shape index (κ3) is 3.21. The molecule has 0 aliphatic heterocycles. The van der Waals surface area contributed by atoms with Crippen LogP contribution in [0.1, 0.15) is 29.3 Å². The van der Waals surface area contributed by atoms with Crippen molar-refractivity contribution in [3.63, 3.8) is 0 Å². The van der Waals surface area contributed by atoms with E-state index in [-0.39, 0.29) is 11.7 Å². The first-order valence-corrected chi connectivity index (χ1v) is 5.44. The first-order valence-electron chi connectivity index (χ1n) is 5.44. The van der Waals surface area contributed by atoms with E-state index >= 15 is 0 Å². The van der Waals surface area contributed by atoms with Gasteiger partial charge in [0.15, 0.2) is 5.84 Å². The molecule has 1 atom stereocenters. The molecular weight excluding hydrogens is 218 g/mol. The van der Waals surface area contributed by atoms with E-state index in [1.165, 1.54) is 0 Å². The minimum atomic E-state index is -0.452. The van der Waals surface area contributed by atoms with Gasteiger partial charge in [0.25, 0.3) is 5.91 Å². The highest BCUT2D eigenvalue weighted by Crippen LogP contribution is 2.07. The van der Waals surface area contributed by atoms with Crippen LogP contribution in [0.25, 0.3) is 0 Å². The van der Waals surface area contributed by atoms with Crippen LogP contribution in [0.2, 0.25) is 0 Å². The maximum atomic E-state index is 12.0. The number of benzene rings is 1. The minimum Gasteiger partial charge on any atom is -0.409 e. The number of nitrogens with zero attached hydrogens (tertiary/aromatic N) is 1. The van der Waals surface area contributed by atoms with Crippen LogP contribution in [-0.4, -0.2) is 23.0 Å². The number of hydrogen-bond acceptors (Lipinski definition) is 3. The van der Waals surface area contributed by atoms with Crippen LogP contribution in [-0.2, 0) is 0 Å². The Morgan fingerprint density at radius 1 is 1.53 bits per heavy atom. The van der Waals surface area contributed by atoms with E-state index in [0.29, 0.717) is 12.0 Å². The van der Waals surface area contributed by atoms with E-state index < -0.39 is 6.04 Å². The highest BCUT2D eigenvalue weighted by Gasteiger charge is 2.16. The zero-order valence-electron chi connectivity index (χ0n) is 9.97. The van der Waals surface area contributed by atoms with E-state index in [9.17, 15) is 4.79 Å². The Balaban J connectivity index is 2.82. The van der Waals surface area contributed by atoms with Crippen LogP contribution in [0.5, 0.6) is 0 Å². The monoisotopic (exact) mass is 235 g/mol. The lowest BCUT2D eigenvalue weighted by molar-refractivity contribution is 0.0945. The molecule has 1 unspecified atom stereocenters. The predicted molar refractivity (Wildman–Crippen MR) is 66.1 cm³/mol. The van der Waals surface area contributed by atoms with Crippen molar-refractivity contribution in [1.82, 2.24) is 5.32 Å². The number of nitrogens with one attached hydrogen (secondary N) is 1. The molecule has 0 saturated heterocycles. The van der Waals surface area contributed by atoms with Crippen molar-refractivity contribution in [2.24, 2.45) is 10.9 Å². The first-order chi connectivity index (χ1) is 8.10. The van der Waals surface area contributed by atoms with Gasteiger partial charge in [-0.3, -0.25) is 4.79 Å². The summed E-state index contributed by atoms with van der Waals surface area (Å²) >= 11 is 0. The number of carbonyl (C=O) groups excluding carboxylic acids is 1. The third-order valence-electron chi connectivity index (χ3n) is 2.58. The number of carbonyl (C=O) groups is 1. The lowest BCUT2D eigenvalue weighted by atomic mass is 10.1. The van der Waals surface area contributed by atoms with E-state index in [4.69, 9.17) is 10.9 Å². The molecule has 0 aliphatic rings. The Bertz CT molecular complexity index is 430. The topological polar surface area (TPSA) is 87.7 Å². The molecule has 5 heteroatoms. The first kappa shape index (κ1) is 13.0. The number of rotatable bonds is 4. The Morgan fingerprint density at radius 2 is 2.18 bits per heavy atom. The molecular formula is C12H17N3O2. The predicted octanol–water partition coefficient (Wildman–Crippen LogP) is 1.25. The van der Waals surface area contributed by atoms with Gasteiger partial charge in [0, 0.05) is 5.56 Å². The van der Waals surface area contributed by atoms with Crippen molar-refractivity contribution < 1.29 is 10.0 Å². The van der Waals surface area contributed by atoms with Crippen molar-refractivity contribution in [1.29, 1.82) is 0 Å². The van der Waals surface area contributed by atoms with Gasteiger partial charge < -0.3 is 16.3 Å². The van der Waals surface area contributed by atoms with Crippen LogP contribution in [0.3, 0.4) is 0 Å². The van der Waals surface area contributed by atoms with E-state index in [1.54, 1.807) is 12.1 Å². The summed E-state index contributed by atoms with van der Waals surface area (Å²) in [5.41, 5.74) is 6.96. The van der Waals surface area contributed by atoms with Gasteiger partial charge in [-0.1, -0.05) is 30.3 Å². The van der Waals surface area contributed by atoms with Gasteiger partial charge >= 0.3 is 0 Å². The van der Waals surface area contributed by atoms with Crippen molar-refractivity contribution in [2.75, 3.05) is 0 Å². The van der Waals surface area contributed by atoms with Gasteiger partial charge in [-0.2, -0.15) is 0 Å². The van der Waals surface area contributed by atoms with Gasteiger partial charge in [0.05, 0.1) is 6.04 Å². The van der Waals surface area contributed by atoms with E-state index in [1.807, 2.05) is 26.0 Å². The van der Waals surface area contributed by atoms with Crippen LogP contribution < -0.4 is 11.1 Å². The normalized spacial score (nSPS) is 13.2. The van der Waals surface area contributed by atoms with E-state index in [2.05, 4.69) is 10.5 Å². The summed E-state index contributed by atoms with van der Waals surface area (Å²) in [6.07, 6.45) is 0.563. The summed E-state index contributed by atoms with van der Waals surface area (Å²) in [6.45, 7) is 3.71. The van der Waals surface area contributed by atoms with Crippen LogP contribution in [0, 0.1) is 6.92 Å². The Kier molecular flexibility index (Phi) is 4.51. The summed E-state index contributed by atoms with van der Waals surface area (Å²) in [5, 5.41) is 14.2. The second-order valence-electron chi connectivity index (χ2n) is 3.77. The molecule has 0 aromatic heterocycles. The fourth-order valence-corrected chi connectivity index (χ4v) is 1.52. The molecule has 17 heavy (non-hydrogen) atoms. The average molecular weight is 235 g/mol. The van der Waals surface area contributed by atoms with Gasteiger partial charge in [0.1, 0.15) is 0 Å². The number of amides is 1. The number of nitrogens with two attached hydrogens (primary N) is 1. The SMILES string of the molecule is CCC(NC(=O)c1ccccc1C)/C(N)=N/O. The third-order valence-corrected chi connectivity index (χ3v) is 2.58. The molecule has 1 rings (SSSR count).